The standard InChI is InChI=1S/C21H19N2O/c1-22-15-14-16(17-9-3-4-10-18(17)22)8-7-13-21-23(2)19-11-5-6-12-20(19)24-21/h3-15H,1-2H3/q+1. The third kappa shape index (κ3) is 2.44. The largest absolute Gasteiger partial charge is 0.398 e. The first-order valence-corrected chi connectivity index (χ1v) is 8.00. The van der Waals surface area contributed by atoms with Crippen LogP contribution in [0.25, 0.3) is 22.7 Å². The summed E-state index contributed by atoms with van der Waals surface area (Å²) in [4.78, 5) is 2.13. The number of allylic oxidation sites excluding steroid dienone is 4. The second-order valence-corrected chi connectivity index (χ2v) is 5.89. The van der Waals surface area contributed by atoms with Crippen molar-refractivity contribution in [2.24, 2.45) is 7.05 Å². The molecule has 0 bridgehead atoms. The van der Waals surface area contributed by atoms with Gasteiger partial charge < -0.3 is 9.32 Å². The predicted molar refractivity (Wildman–Crippen MR) is 98.4 cm³/mol. The van der Waals surface area contributed by atoms with Gasteiger partial charge in [0.25, 0.3) is 5.52 Å². The van der Waals surface area contributed by atoms with Crippen LogP contribution in [0.15, 0.2) is 77.4 Å². The van der Waals surface area contributed by atoms with Gasteiger partial charge in [0.05, 0.1) is 6.08 Å². The molecule has 0 aliphatic carbocycles. The average Bonchev–Trinajstić information content (AvgIpc) is 2.94. The van der Waals surface area contributed by atoms with Gasteiger partial charge in [-0.15, -0.1) is 0 Å². The number of anilines is 1. The van der Waals surface area contributed by atoms with E-state index in [9.17, 15) is 0 Å². The molecule has 0 unspecified atom stereocenters. The van der Waals surface area contributed by atoms with Gasteiger partial charge in [-0.05, 0) is 23.8 Å². The van der Waals surface area contributed by atoms with Crippen LogP contribution in [-0.2, 0) is 7.05 Å². The number of rotatable bonds is 2. The molecule has 24 heavy (non-hydrogen) atoms. The van der Waals surface area contributed by atoms with Crippen molar-refractivity contribution in [1.29, 1.82) is 0 Å². The lowest BCUT2D eigenvalue weighted by molar-refractivity contribution is -0.652. The molecule has 0 saturated carbocycles. The highest BCUT2D eigenvalue weighted by Crippen LogP contribution is 2.31. The van der Waals surface area contributed by atoms with Gasteiger partial charge in [-0.1, -0.05) is 42.5 Å². The second-order valence-electron chi connectivity index (χ2n) is 5.89. The number of para-hydroxylation sites is 3. The van der Waals surface area contributed by atoms with Crippen LogP contribution in [0.5, 0.6) is 0 Å². The molecule has 0 radical (unpaired) electrons. The van der Waals surface area contributed by atoms with Crippen LogP contribution in [0.3, 0.4) is 0 Å². The summed E-state index contributed by atoms with van der Waals surface area (Å²) in [6, 6.07) is 16.5. The maximum atomic E-state index is 5.90. The minimum atomic E-state index is 0.832. The minimum absolute atomic E-state index is 0.832. The summed E-state index contributed by atoms with van der Waals surface area (Å²) in [7, 11) is 4.08. The molecule has 1 aromatic heterocycles. The third-order valence-corrected chi connectivity index (χ3v) is 4.36. The van der Waals surface area contributed by atoms with Crippen molar-refractivity contribution in [3.05, 3.63) is 84.4 Å². The number of aryl methyl sites for hydroxylation is 1. The zero-order valence-electron chi connectivity index (χ0n) is 13.8. The topological polar surface area (TPSA) is 20.3 Å². The van der Waals surface area contributed by atoms with E-state index in [1.807, 2.05) is 37.4 Å². The number of oxazole rings is 1. The van der Waals surface area contributed by atoms with Gasteiger partial charge in [-0.25, -0.2) is 0 Å². The molecule has 0 saturated heterocycles. The first kappa shape index (κ1) is 14.5. The maximum absolute atomic E-state index is 5.90. The Kier molecular flexibility index (Phi) is 3.54. The summed E-state index contributed by atoms with van der Waals surface area (Å²) in [5.41, 5.74) is 5.64. The lowest BCUT2D eigenvalue weighted by Gasteiger charge is -2.23. The molecule has 2 heterocycles. The smallest absolute Gasteiger partial charge is 0.373 e. The fourth-order valence-electron chi connectivity index (χ4n) is 3.03. The van der Waals surface area contributed by atoms with E-state index < -0.39 is 0 Å². The molecule has 1 aliphatic heterocycles. The molecule has 118 valence electrons. The second kappa shape index (κ2) is 5.85. The highest BCUT2D eigenvalue weighted by atomic mass is 16.3. The maximum Gasteiger partial charge on any atom is 0.373 e. The van der Waals surface area contributed by atoms with Crippen LogP contribution in [0, 0.1) is 0 Å². The Morgan fingerprint density at radius 1 is 1.04 bits per heavy atom. The number of aromatic nitrogens is 1. The van der Waals surface area contributed by atoms with Crippen LogP contribution in [0.2, 0.25) is 0 Å². The summed E-state index contributed by atoms with van der Waals surface area (Å²) in [6.07, 6.45) is 10.4. The van der Waals surface area contributed by atoms with Gasteiger partial charge in [0.2, 0.25) is 5.58 Å². The van der Waals surface area contributed by atoms with Crippen molar-refractivity contribution in [2.75, 3.05) is 11.9 Å². The Morgan fingerprint density at radius 2 is 1.83 bits per heavy atom. The zero-order chi connectivity index (χ0) is 16.5. The Labute approximate surface area is 141 Å². The number of hydrogen-bond donors (Lipinski definition) is 0. The van der Waals surface area contributed by atoms with Crippen LogP contribution in [0.4, 0.5) is 5.69 Å². The van der Waals surface area contributed by atoms with E-state index in [0.717, 1.165) is 17.0 Å². The Morgan fingerprint density at radius 3 is 2.71 bits per heavy atom. The molecule has 0 fully saturated rings. The van der Waals surface area contributed by atoms with E-state index in [1.165, 1.54) is 16.8 Å². The normalized spacial score (nSPS) is 15.6. The Hall–Kier alpha value is -3.07. The minimum Gasteiger partial charge on any atom is -0.398 e. The van der Waals surface area contributed by atoms with Gasteiger partial charge >= 0.3 is 5.89 Å². The fraction of sp³-hybridized carbons (Fsp3) is 0.0952. The third-order valence-electron chi connectivity index (χ3n) is 4.36. The molecule has 2 aromatic carbocycles. The van der Waals surface area contributed by atoms with Gasteiger partial charge in [-0.2, -0.15) is 4.57 Å². The molecule has 3 aromatic rings. The van der Waals surface area contributed by atoms with E-state index in [0.29, 0.717) is 0 Å². The van der Waals surface area contributed by atoms with E-state index in [4.69, 9.17) is 4.42 Å². The molecule has 4 rings (SSSR count). The monoisotopic (exact) mass is 315 g/mol. The number of benzene rings is 2. The van der Waals surface area contributed by atoms with Crippen molar-refractivity contribution in [3.8, 4) is 0 Å². The summed E-state index contributed by atoms with van der Waals surface area (Å²) in [5.74, 6) is 0.832. The van der Waals surface area contributed by atoms with Crippen LogP contribution in [0.1, 0.15) is 11.5 Å². The molecule has 1 aliphatic rings. The van der Waals surface area contributed by atoms with Crippen molar-refractivity contribution in [1.82, 2.24) is 0 Å². The average molecular weight is 315 g/mol. The zero-order valence-corrected chi connectivity index (χ0v) is 13.8. The highest BCUT2D eigenvalue weighted by molar-refractivity contribution is 5.87. The quantitative estimate of drug-likeness (QED) is 0.657. The molecule has 3 heteroatoms. The van der Waals surface area contributed by atoms with Crippen LogP contribution < -0.4 is 9.47 Å². The Bertz CT molecular complexity index is 992. The first-order valence-electron chi connectivity index (χ1n) is 8.00. The molecule has 3 nitrogen and oxygen atoms in total. The summed E-state index contributed by atoms with van der Waals surface area (Å²) in [5, 5.41) is 0. The van der Waals surface area contributed by atoms with E-state index >= 15 is 0 Å². The molecular formula is C21H19N2O+. The first-order chi connectivity index (χ1) is 11.7. The summed E-state index contributed by atoms with van der Waals surface area (Å²) < 4.78 is 7.95. The van der Waals surface area contributed by atoms with Crippen molar-refractivity contribution < 1.29 is 8.98 Å². The van der Waals surface area contributed by atoms with Crippen LogP contribution in [-0.4, -0.2) is 7.05 Å². The predicted octanol–water partition coefficient (Wildman–Crippen LogP) is 4.32. The van der Waals surface area contributed by atoms with E-state index in [2.05, 4.69) is 65.2 Å². The lowest BCUT2D eigenvalue weighted by atomic mass is 10.00. The number of nitrogens with zero attached hydrogens (tertiary/aromatic N) is 2. The van der Waals surface area contributed by atoms with Crippen molar-refractivity contribution >= 4 is 28.4 Å². The highest BCUT2D eigenvalue weighted by Gasteiger charge is 2.15. The molecule has 0 N–H and O–H groups in total. The lowest BCUT2D eigenvalue weighted by Crippen LogP contribution is -2.29. The van der Waals surface area contributed by atoms with Gasteiger partial charge in [0, 0.05) is 30.6 Å². The number of fused-ring (bicyclic) bond motifs is 2. The van der Waals surface area contributed by atoms with Crippen molar-refractivity contribution in [2.45, 2.75) is 0 Å². The Balaban J connectivity index is 1.68. The van der Waals surface area contributed by atoms with E-state index in [1.54, 1.807) is 0 Å². The van der Waals surface area contributed by atoms with Crippen LogP contribution >= 0.6 is 0 Å². The molecule has 0 amide bonds. The summed E-state index contributed by atoms with van der Waals surface area (Å²) >= 11 is 0. The molecule has 0 spiro atoms. The molecule has 0 atom stereocenters. The SMILES string of the molecule is CN1C=C/C(=C\C=C\c2oc3ccccc3[n+]2C)c2ccccc21. The van der Waals surface area contributed by atoms with Crippen molar-refractivity contribution in [3.63, 3.8) is 0 Å². The van der Waals surface area contributed by atoms with Gasteiger partial charge in [-0.3, -0.25) is 0 Å². The number of hydrogen-bond acceptors (Lipinski definition) is 2. The fourth-order valence-corrected chi connectivity index (χ4v) is 3.03. The van der Waals surface area contributed by atoms with Gasteiger partial charge in [0.15, 0.2) is 0 Å². The van der Waals surface area contributed by atoms with E-state index in [-0.39, 0.29) is 0 Å². The molecular weight excluding hydrogens is 296 g/mol. The summed E-state index contributed by atoms with van der Waals surface area (Å²) in [6.45, 7) is 0. The van der Waals surface area contributed by atoms with Gasteiger partial charge in [0.1, 0.15) is 7.05 Å².